The minimum atomic E-state index is 0.151. The second kappa shape index (κ2) is 9.24. The number of pyridine rings is 1. The van der Waals surface area contributed by atoms with Crippen LogP contribution in [0.4, 0.5) is 0 Å². The molecule has 1 saturated heterocycles. The van der Waals surface area contributed by atoms with Crippen LogP contribution in [0.1, 0.15) is 58.7 Å². The Kier molecular flexibility index (Phi) is 6.26. The molecule has 0 radical (unpaired) electrons. The zero-order valence-electron chi connectivity index (χ0n) is 17.9. The van der Waals surface area contributed by atoms with Crippen molar-refractivity contribution < 1.29 is 4.79 Å². The first-order valence-electron chi connectivity index (χ1n) is 10.9. The van der Waals surface area contributed by atoms with Gasteiger partial charge in [0.2, 0.25) is 0 Å². The lowest BCUT2D eigenvalue weighted by atomic mass is 9.96. The summed E-state index contributed by atoms with van der Waals surface area (Å²) in [5.74, 6) is 0.151. The maximum atomic E-state index is 13.2. The Morgan fingerprint density at radius 1 is 1.10 bits per heavy atom. The highest BCUT2D eigenvalue weighted by Gasteiger charge is 2.27. The summed E-state index contributed by atoms with van der Waals surface area (Å²) in [5, 5.41) is 4.53. The number of carbonyl (C=O) groups is 1. The summed E-state index contributed by atoms with van der Waals surface area (Å²) in [6.45, 7) is 5.65. The first kappa shape index (κ1) is 20.3. The van der Waals surface area contributed by atoms with E-state index in [1.807, 2.05) is 42.1 Å². The smallest absolute Gasteiger partial charge is 0.254 e. The molecule has 0 saturated carbocycles. The van der Waals surface area contributed by atoms with Gasteiger partial charge in [-0.2, -0.15) is 5.10 Å². The monoisotopic (exact) mass is 402 g/mol. The molecular formula is C25H30N4O. The van der Waals surface area contributed by atoms with Gasteiger partial charge in [-0.3, -0.25) is 14.5 Å². The van der Waals surface area contributed by atoms with Crippen LogP contribution >= 0.6 is 0 Å². The number of hydrogen-bond acceptors (Lipinski definition) is 3. The molecule has 156 valence electrons. The Balaban J connectivity index is 1.42. The number of piperidine rings is 1. The van der Waals surface area contributed by atoms with Crippen molar-refractivity contribution in [2.24, 2.45) is 0 Å². The first-order valence-corrected chi connectivity index (χ1v) is 10.9. The van der Waals surface area contributed by atoms with Crippen LogP contribution in [0.15, 0.2) is 54.7 Å². The quantitative estimate of drug-likeness (QED) is 0.607. The Morgan fingerprint density at radius 2 is 1.93 bits per heavy atom. The number of aromatic nitrogens is 3. The number of carbonyl (C=O) groups excluding carboxylic acids is 1. The zero-order valence-corrected chi connectivity index (χ0v) is 17.9. The molecule has 3 aromatic rings. The van der Waals surface area contributed by atoms with E-state index in [4.69, 9.17) is 0 Å². The molecule has 0 bridgehead atoms. The van der Waals surface area contributed by atoms with Crippen molar-refractivity contribution in [1.29, 1.82) is 0 Å². The fourth-order valence-electron chi connectivity index (χ4n) is 4.36. The zero-order chi connectivity index (χ0) is 20.9. The van der Waals surface area contributed by atoms with Gasteiger partial charge >= 0.3 is 0 Å². The largest absolute Gasteiger partial charge is 0.336 e. The summed E-state index contributed by atoms with van der Waals surface area (Å²) in [5.41, 5.74) is 5.21. The van der Waals surface area contributed by atoms with Crippen LogP contribution in [0.3, 0.4) is 0 Å². The van der Waals surface area contributed by atoms with Crippen molar-refractivity contribution in [3.63, 3.8) is 0 Å². The van der Waals surface area contributed by atoms with Crippen molar-refractivity contribution >= 4 is 5.91 Å². The lowest BCUT2D eigenvalue weighted by molar-refractivity contribution is 0.0601. The van der Waals surface area contributed by atoms with Crippen molar-refractivity contribution in [3.05, 3.63) is 82.9 Å². The molecule has 1 unspecified atom stereocenters. The van der Waals surface area contributed by atoms with Crippen LogP contribution in [0.5, 0.6) is 0 Å². The average molecular weight is 403 g/mol. The van der Waals surface area contributed by atoms with E-state index in [-0.39, 0.29) is 5.91 Å². The molecule has 0 spiro atoms. The predicted molar refractivity (Wildman–Crippen MR) is 118 cm³/mol. The molecule has 1 fully saturated rings. The van der Waals surface area contributed by atoms with E-state index in [0.29, 0.717) is 6.04 Å². The minimum Gasteiger partial charge on any atom is -0.336 e. The molecule has 2 aromatic heterocycles. The number of nitrogens with zero attached hydrogens (tertiary/aromatic N) is 4. The van der Waals surface area contributed by atoms with E-state index >= 15 is 0 Å². The molecule has 1 amide bonds. The van der Waals surface area contributed by atoms with Gasteiger partial charge in [0.15, 0.2) is 0 Å². The molecule has 1 atom stereocenters. The van der Waals surface area contributed by atoms with Gasteiger partial charge in [-0.1, -0.05) is 18.2 Å². The van der Waals surface area contributed by atoms with Crippen molar-refractivity contribution in [2.75, 3.05) is 6.54 Å². The highest BCUT2D eigenvalue weighted by Crippen LogP contribution is 2.23. The van der Waals surface area contributed by atoms with Gasteiger partial charge in [0, 0.05) is 35.7 Å². The van der Waals surface area contributed by atoms with Crippen LogP contribution < -0.4 is 0 Å². The lowest BCUT2D eigenvalue weighted by Gasteiger charge is -2.36. The van der Waals surface area contributed by atoms with Crippen LogP contribution in [-0.4, -0.2) is 38.2 Å². The fourth-order valence-corrected chi connectivity index (χ4v) is 4.36. The lowest BCUT2D eigenvalue weighted by Crippen LogP contribution is -2.44. The summed E-state index contributed by atoms with van der Waals surface area (Å²) >= 11 is 0. The number of hydrogen-bond donors (Lipinski definition) is 0. The highest BCUT2D eigenvalue weighted by atomic mass is 16.2. The third kappa shape index (κ3) is 4.78. The molecular weight excluding hydrogens is 372 g/mol. The fraction of sp³-hybridized carbons (Fsp3) is 0.400. The predicted octanol–water partition coefficient (Wildman–Crippen LogP) is 4.57. The molecule has 30 heavy (non-hydrogen) atoms. The molecule has 3 heterocycles. The number of aryl methyl sites for hydroxylation is 3. The van der Waals surface area contributed by atoms with Gasteiger partial charge in [-0.25, -0.2) is 0 Å². The Labute approximate surface area is 178 Å². The van der Waals surface area contributed by atoms with E-state index in [0.717, 1.165) is 67.0 Å². The highest BCUT2D eigenvalue weighted by molar-refractivity contribution is 5.94. The van der Waals surface area contributed by atoms with Crippen molar-refractivity contribution in [2.45, 2.75) is 58.5 Å². The van der Waals surface area contributed by atoms with Crippen LogP contribution in [0.25, 0.3) is 0 Å². The third-order valence-electron chi connectivity index (χ3n) is 5.98. The van der Waals surface area contributed by atoms with Gasteiger partial charge in [-0.05, 0) is 81.8 Å². The van der Waals surface area contributed by atoms with Crippen LogP contribution in [0, 0.1) is 13.8 Å². The topological polar surface area (TPSA) is 51.0 Å². The summed E-state index contributed by atoms with van der Waals surface area (Å²) in [6.07, 6.45) is 7.08. The average Bonchev–Trinajstić information content (AvgIpc) is 3.09. The molecule has 1 aliphatic heterocycles. The van der Waals surface area contributed by atoms with Gasteiger partial charge in [-0.15, -0.1) is 0 Å². The van der Waals surface area contributed by atoms with Gasteiger partial charge in [0.1, 0.15) is 0 Å². The van der Waals surface area contributed by atoms with Crippen molar-refractivity contribution in [3.8, 4) is 0 Å². The molecule has 5 nitrogen and oxygen atoms in total. The van der Waals surface area contributed by atoms with Gasteiger partial charge in [0.25, 0.3) is 5.91 Å². The normalized spacial score (nSPS) is 16.6. The standard InChI is InChI=1S/C25H30N4O/c1-19-17-20(2)29(27-19)18-21-9-11-22(12-10-21)25(30)28-16-6-4-8-24(28)14-13-23-7-3-5-15-26-23/h3,5,7,9-12,15,17,24H,4,6,8,13-14,16,18H2,1-2H3. The third-order valence-corrected chi connectivity index (χ3v) is 5.98. The van der Waals surface area contributed by atoms with Crippen LogP contribution in [-0.2, 0) is 13.0 Å². The number of amides is 1. The Hall–Kier alpha value is -2.95. The SMILES string of the molecule is Cc1cc(C)n(Cc2ccc(C(=O)N3CCCCC3CCc3ccccn3)cc2)n1. The van der Waals surface area contributed by atoms with E-state index in [1.54, 1.807) is 0 Å². The first-order chi connectivity index (χ1) is 14.6. The van der Waals surface area contributed by atoms with E-state index in [9.17, 15) is 4.79 Å². The van der Waals surface area contributed by atoms with Crippen LogP contribution in [0.2, 0.25) is 0 Å². The molecule has 1 aromatic carbocycles. The Morgan fingerprint density at radius 3 is 2.63 bits per heavy atom. The van der Waals surface area contributed by atoms with Gasteiger partial charge < -0.3 is 4.90 Å². The van der Waals surface area contributed by atoms with E-state index < -0.39 is 0 Å². The summed E-state index contributed by atoms with van der Waals surface area (Å²) in [4.78, 5) is 19.8. The minimum absolute atomic E-state index is 0.151. The number of likely N-dealkylation sites (tertiary alicyclic amines) is 1. The Bertz CT molecular complexity index is 978. The number of benzene rings is 1. The molecule has 0 aliphatic carbocycles. The number of rotatable bonds is 6. The summed E-state index contributed by atoms with van der Waals surface area (Å²) in [6, 6.07) is 16.4. The second-order valence-electron chi connectivity index (χ2n) is 8.29. The second-order valence-corrected chi connectivity index (χ2v) is 8.29. The molecule has 5 heteroatoms. The molecule has 4 rings (SSSR count). The van der Waals surface area contributed by atoms with E-state index in [1.165, 1.54) is 6.42 Å². The summed E-state index contributed by atoms with van der Waals surface area (Å²) in [7, 11) is 0. The maximum absolute atomic E-state index is 13.2. The van der Waals surface area contributed by atoms with Crippen molar-refractivity contribution in [1.82, 2.24) is 19.7 Å². The maximum Gasteiger partial charge on any atom is 0.254 e. The molecule has 1 aliphatic rings. The summed E-state index contributed by atoms with van der Waals surface area (Å²) < 4.78 is 2.00. The van der Waals surface area contributed by atoms with E-state index in [2.05, 4.69) is 46.2 Å². The molecule has 0 N–H and O–H groups in total. The van der Waals surface area contributed by atoms with Gasteiger partial charge in [0.05, 0.1) is 12.2 Å².